The summed E-state index contributed by atoms with van der Waals surface area (Å²) >= 11 is 3.14. The summed E-state index contributed by atoms with van der Waals surface area (Å²) in [6.45, 7) is 4.04. The molecule has 7 heteroatoms. The highest BCUT2D eigenvalue weighted by Gasteiger charge is 2.20. The highest BCUT2D eigenvalue weighted by molar-refractivity contribution is 7.99. The molecule has 1 amide bonds. The third kappa shape index (κ3) is 3.89. The fraction of sp³-hybridized carbons (Fsp3) is 0.533. The van der Waals surface area contributed by atoms with Gasteiger partial charge in [0, 0.05) is 18.5 Å². The highest BCUT2D eigenvalue weighted by atomic mass is 32.2. The molecule has 3 heterocycles. The molecule has 0 bridgehead atoms. The van der Waals surface area contributed by atoms with E-state index in [-0.39, 0.29) is 5.91 Å². The molecule has 0 radical (unpaired) electrons. The number of carbonyl (C=O) groups is 1. The SMILES string of the molecule is CC1CCN(C(=O)CSCc2noc(-c3ccsc3)n2)CC1. The molecule has 1 saturated heterocycles. The van der Waals surface area contributed by atoms with Gasteiger partial charge in [0.05, 0.1) is 17.1 Å². The highest BCUT2D eigenvalue weighted by Crippen LogP contribution is 2.22. The van der Waals surface area contributed by atoms with Gasteiger partial charge in [0.1, 0.15) is 0 Å². The zero-order valence-electron chi connectivity index (χ0n) is 12.5. The zero-order valence-corrected chi connectivity index (χ0v) is 14.2. The Kier molecular flexibility index (Phi) is 5.15. The van der Waals surface area contributed by atoms with Crippen LogP contribution in [-0.4, -0.2) is 39.8 Å². The first-order chi connectivity index (χ1) is 10.7. The van der Waals surface area contributed by atoms with Crippen LogP contribution in [0.5, 0.6) is 0 Å². The largest absolute Gasteiger partial charge is 0.342 e. The number of nitrogens with zero attached hydrogens (tertiary/aromatic N) is 3. The van der Waals surface area contributed by atoms with Gasteiger partial charge < -0.3 is 9.42 Å². The fourth-order valence-corrected chi connectivity index (χ4v) is 3.78. The van der Waals surface area contributed by atoms with Gasteiger partial charge in [-0.05, 0) is 30.2 Å². The maximum absolute atomic E-state index is 12.1. The second kappa shape index (κ2) is 7.28. The molecule has 118 valence electrons. The molecular formula is C15H19N3O2S2. The number of likely N-dealkylation sites (tertiary alicyclic amines) is 1. The van der Waals surface area contributed by atoms with Crippen LogP contribution in [0.4, 0.5) is 0 Å². The minimum atomic E-state index is 0.221. The van der Waals surface area contributed by atoms with Crippen molar-refractivity contribution in [3.05, 3.63) is 22.7 Å². The lowest BCUT2D eigenvalue weighted by molar-refractivity contribution is -0.129. The predicted molar refractivity (Wildman–Crippen MR) is 88.8 cm³/mol. The summed E-state index contributed by atoms with van der Waals surface area (Å²) < 4.78 is 5.23. The van der Waals surface area contributed by atoms with Gasteiger partial charge in [0.2, 0.25) is 5.91 Å². The molecule has 0 saturated carbocycles. The smallest absolute Gasteiger partial charge is 0.258 e. The number of hydrogen-bond donors (Lipinski definition) is 0. The Balaban J connectivity index is 1.44. The molecule has 22 heavy (non-hydrogen) atoms. The number of piperidine rings is 1. The lowest BCUT2D eigenvalue weighted by Gasteiger charge is -2.30. The van der Waals surface area contributed by atoms with E-state index >= 15 is 0 Å². The Morgan fingerprint density at radius 3 is 3.05 bits per heavy atom. The van der Waals surface area contributed by atoms with E-state index in [1.807, 2.05) is 21.7 Å². The lowest BCUT2D eigenvalue weighted by Crippen LogP contribution is -2.38. The van der Waals surface area contributed by atoms with Gasteiger partial charge in [0.15, 0.2) is 5.82 Å². The van der Waals surface area contributed by atoms with Crippen LogP contribution in [0.2, 0.25) is 0 Å². The molecule has 0 unspecified atom stereocenters. The van der Waals surface area contributed by atoms with Crippen molar-refractivity contribution < 1.29 is 9.32 Å². The van der Waals surface area contributed by atoms with E-state index in [9.17, 15) is 4.79 Å². The van der Waals surface area contributed by atoms with Crippen LogP contribution in [0.15, 0.2) is 21.3 Å². The molecule has 2 aromatic heterocycles. The van der Waals surface area contributed by atoms with Crippen LogP contribution in [0.25, 0.3) is 11.5 Å². The predicted octanol–water partition coefficient (Wildman–Crippen LogP) is 3.29. The molecule has 0 spiro atoms. The van der Waals surface area contributed by atoms with Crippen molar-refractivity contribution in [2.75, 3.05) is 18.8 Å². The summed E-state index contributed by atoms with van der Waals surface area (Å²) in [5, 5.41) is 7.92. The Morgan fingerprint density at radius 1 is 1.50 bits per heavy atom. The minimum absolute atomic E-state index is 0.221. The van der Waals surface area contributed by atoms with E-state index in [0.717, 1.165) is 37.4 Å². The van der Waals surface area contributed by atoms with E-state index in [2.05, 4.69) is 17.1 Å². The first kappa shape index (κ1) is 15.6. The average Bonchev–Trinajstić information content (AvgIpc) is 3.19. The summed E-state index contributed by atoms with van der Waals surface area (Å²) in [5.74, 6) is 3.24. The number of thiophene rings is 1. The van der Waals surface area contributed by atoms with Crippen LogP contribution in [0, 0.1) is 5.92 Å². The molecule has 1 aliphatic rings. The number of hydrogen-bond acceptors (Lipinski definition) is 6. The Morgan fingerprint density at radius 2 is 2.32 bits per heavy atom. The van der Waals surface area contributed by atoms with Crippen molar-refractivity contribution in [3.63, 3.8) is 0 Å². The molecule has 2 aromatic rings. The summed E-state index contributed by atoms with van der Waals surface area (Å²) in [6.07, 6.45) is 2.23. The van der Waals surface area contributed by atoms with Crippen LogP contribution in [0.1, 0.15) is 25.6 Å². The maximum atomic E-state index is 12.1. The standard InChI is InChI=1S/C15H19N3O2S2/c1-11-2-5-18(6-3-11)14(19)10-22-9-13-16-15(20-17-13)12-4-7-21-8-12/h4,7-8,11H,2-3,5-6,9-10H2,1H3. The van der Waals surface area contributed by atoms with Gasteiger partial charge >= 0.3 is 0 Å². The molecule has 3 rings (SSSR count). The normalized spacial score (nSPS) is 16.1. The third-order valence-electron chi connectivity index (χ3n) is 3.83. The third-order valence-corrected chi connectivity index (χ3v) is 5.43. The average molecular weight is 337 g/mol. The van der Waals surface area contributed by atoms with E-state index in [4.69, 9.17) is 4.52 Å². The minimum Gasteiger partial charge on any atom is -0.342 e. The summed E-state index contributed by atoms with van der Waals surface area (Å²) in [7, 11) is 0. The second-order valence-electron chi connectivity index (χ2n) is 5.58. The van der Waals surface area contributed by atoms with E-state index in [1.54, 1.807) is 23.1 Å². The van der Waals surface area contributed by atoms with Crippen molar-refractivity contribution >= 4 is 29.0 Å². The molecule has 1 aliphatic heterocycles. The van der Waals surface area contributed by atoms with Crippen molar-refractivity contribution in [2.24, 2.45) is 5.92 Å². The maximum Gasteiger partial charge on any atom is 0.258 e. The van der Waals surface area contributed by atoms with E-state index in [0.29, 0.717) is 23.2 Å². The molecular weight excluding hydrogens is 318 g/mol. The van der Waals surface area contributed by atoms with E-state index < -0.39 is 0 Å². The molecule has 5 nitrogen and oxygen atoms in total. The van der Waals surface area contributed by atoms with E-state index in [1.165, 1.54) is 0 Å². The van der Waals surface area contributed by atoms with Gasteiger partial charge in [-0.25, -0.2) is 0 Å². The quantitative estimate of drug-likeness (QED) is 0.838. The topological polar surface area (TPSA) is 59.2 Å². The summed E-state index contributed by atoms with van der Waals surface area (Å²) in [6, 6.07) is 1.95. The Labute approximate surface area is 138 Å². The van der Waals surface area contributed by atoms with Crippen molar-refractivity contribution in [1.82, 2.24) is 15.0 Å². The summed E-state index contributed by atoms with van der Waals surface area (Å²) in [5.41, 5.74) is 0.951. The molecule has 0 aromatic carbocycles. The molecule has 1 fully saturated rings. The van der Waals surface area contributed by atoms with Crippen molar-refractivity contribution in [2.45, 2.75) is 25.5 Å². The van der Waals surface area contributed by atoms with Crippen LogP contribution >= 0.6 is 23.1 Å². The lowest BCUT2D eigenvalue weighted by atomic mass is 9.99. The first-order valence-electron chi connectivity index (χ1n) is 7.43. The fourth-order valence-electron chi connectivity index (χ4n) is 2.39. The van der Waals surface area contributed by atoms with Crippen molar-refractivity contribution in [3.8, 4) is 11.5 Å². The summed E-state index contributed by atoms with van der Waals surface area (Å²) in [4.78, 5) is 18.5. The monoisotopic (exact) mass is 337 g/mol. The van der Waals surface area contributed by atoms with Crippen molar-refractivity contribution in [1.29, 1.82) is 0 Å². The molecule has 0 N–H and O–H groups in total. The van der Waals surface area contributed by atoms with Gasteiger partial charge in [-0.15, -0.1) is 11.8 Å². The number of aromatic nitrogens is 2. The first-order valence-corrected chi connectivity index (χ1v) is 9.53. The Hall–Kier alpha value is -1.34. The number of rotatable bonds is 5. The molecule has 0 aliphatic carbocycles. The van der Waals surface area contributed by atoms with Gasteiger partial charge in [0.25, 0.3) is 5.89 Å². The van der Waals surface area contributed by atoms with Crippen LogP contribution in [-0.2, 0) is 10.5 Å². The second-order valence-corrected chi connectivity index (χ2v) is 7.35. The zero-order chi connectivity index (χ0) is 15.4. The Bertz CT molecular complexity index is 604. The van der Waals surface area contributed by atoms with Gasteiger partial charge in [-0.1, -0.05) is 12.1 Å². The molecule has 0 atom stereocenters. The number of amides is 1. The number of carbonyl (C=O) groups excluding carboxylic acids is 1. The van der Waals surface area contributed by atoms with Gasteiger partial charge in [-0.2, -0.15) is 16.3 Å². The van der Waals surface area contributed by atoms with Crippen LogP contribution < -0.4 is 0 Å². The van der Waals surface area contributed by atoms with Gasteiger partial charge in [-0.3, -0.25) is 4.79 Å². The number of thioether (sulfide) groups is 1. The van der Waals surface area contributed by atoms with Crippen LogP contribution in [0.3, 0.4) is 0 Å².